The fourth-order valence-electron chi connectivity index (χ4n) is 1.64. The monoisotopic (exact) mass is 310 g/mol. The molecule has 0 aliphatic carbocycles. The number of rotatable bonds is 7. The number of nitrogens with zero attached hydrogens (tertiary/aromatic N) is 3. The number of hydrogen-bond acceptors (Lipinski definition) is 6. The van der Waals surface area contributed by atoms with Gasteiger partial charge in [-0.25, -0.2) is 4.68 Å². The minimum atomic E-state index is -1.25. The molecule has 0 saturated carbocycles. The van der Waals surface area contributed by atoms with Crippen molar-refractivity contribution in [1.29, 1.82) is 0 Å². The molecule has 0 radical (unpaired) electrons. The lowest BCUT2D eigenvalue weighted by molar-refractivity contribution is -0.138. The van der Waals surface area contributed by atoms with Crippen LogP contribution in [-0.4, -0.2) is 43.2 Å². The van der Waals surface area contributed by atoms with Crippen LogP contribution in [0, 0.1) is 0 Å². The molecule has 0 bridgehead atoms. The Kier molecular flexibility index (Phi) is 5.01. The molecular weight excluding hydrogens is 296 g/mol. The van der Waals surface area contributed by atoms with Crippen LogP contribution in [0.1, 0.15) is 10.6 Å². The molecule has 21 heavy (non-hydrogen) atoms. The van der Waals surface area contributed by atoms with Crippen LogP contribution in [-0.2, 0) is 29.1 Å². The molecule has 0 aromatic carbocycles. The Morgan fingerprint density at radius 1 is 1.48 bits per heavy atom. The van der Waals surface area contributed by atoms with Gasteiger partial charge in [0.1, 0.15) is 12.6 Å². The summed E-state index contributed by atoms with van der Waals surface area (Å²) in [6, 6.07) is 3.76. The predicted molar refractivity (Wildman–Crippen MR) is 73.5 cm³/mol. The molecule has 1 amide bonds. The maximum atomic E-state index is 11.7. The minimum absolute atomic E-state index is 0.0180. The first kappa shape index (κ1) is 15.1. The number of thiophene rings is 1. The molecule has 2 rings (SSSR count). The molecule has 0 fully saturated rings. The Morgan fingerprint density at radius 3 is 2.95 bits per heavy atom. The lowest BCUT2D eigenvalue weighted by atomic mass is 10.2. The van der Waals surface area contributed by atoms with Crippen LogP contribution in [0.5, 0.6) is 0 Å². The number of aliphatic hydroxyl groups is 1. The molecule has 2 aromatic heterocycles. The van der Waals surface area contributed by atoms with E-state index in [0.29, 0.717) is 12.2 Å². The van der Waals surface area contributed by atoms with E-state index in [0.717, 1.165) is 9.56 Å². The van der Waals surface area contributed by atoms with Crippen LogP contribution >= 0.6 is 11.3 Å². The average molecular weight is 310 g/mol. The Balaban J connectivity index is 1.82. The quantitative estimate of drug-likeness (QED) is 0.643. The molecule has 9 heteroatoms. The zero-order chi connectivity index (χ0) is 15.2. The van der Waals surface area contributed by atoms with E-state index < -0.39 is 18.0 Å². The van der Waals surface area contributed by atoms with Gasteiger partial charge in [0, 0.05) is 17.5 Å². The van der Waals surface area contributed by atoms with Crippen molar-refractivity contribution < 1.29 is 19.8 Å². The number of aliphatic carboxylic acids is 1. The SMILES string of the molecule is O=C(O)Cn1cc(CC(O)C(=O)NCc2cccs2)nn1. The van der Waals surface area contributed by atoms with E-state index in [9.17, 15) is 14.7 Å². The maximum absolute atomic E-state index is 11.7. The lowest BCUT2D eigenvalue weighted by Crippen LogP contribution is -2.35. The van der Waals surface area contributed by atoms with Crippen molar-refractivity contribution in [1.82, 2.24) is 20.3 Å². The summed E-state index contributed by atoms with van der Waals surface area (Å²) in [6.07, 6.45) is 0.125. The van der Waals surface area contributed by atoms with Gasteiger partial charge >= 0.3 is 5.97 Å². The fourth-order valence-corrected chi connectivity index (χ4v) is 2.29. The van der Waals surface area contributed by atoms with Crippen LogP contribution in [0.3, 0.4) is 0 Å². The van der Waals surface area contributed by atoms with Gasteiger partial charge in [-0.2, -0.15) is 0 Å². The fraction of sp³-hybridized carbons (Fsp3) is 0.333. The van der Waals surface area contributed by atoms with Gasteiger partial charge in [0.25, 0.3) is 0 Å². The number of aliphatic hydroxyl groups excluding tert-OH is 1. The second-order valence-corrected chi connectivity index (χ2v) is 5.35. The van der Waals surface area contributed by atoms with Gasteiger partial charge in [-0.1, -0.05) is 11.3 Å². The summed E-state index contributed by atoms with van der Waals surface area (Å²) in [5.74, 6) is -1.54. The highest BCUT2D eigenvalue weighted by Gasteiger charge is 2.17. The number of carboxylic acid groups (broad SMARTS) is 1. The second kappa shape index (κ2) is 6.95. The number of hydrogen-bond donors (Lipinski definition) is 3. The van der Waals surface area contributed by atoms with Crippen LogP contribution in [0.25, 0.3) is 0 Å². The summed E-state index contributed by atoms with van der Waals surface area (Å²) in [4.78, 5) is 23.2. The number of nitrogens with one attached hydrogen (secondary N) is 1. The molecule has 3 N–H and O–H groups in total. The van der Waals surface area contributed by atoms with E-state index in [1.807, 2.05) is 17.5 Å². The van der Waals surface area contributed by atoms with E-state index in [1.165, 1.54) is 17.5 Å². The summed E-state index contributed by atoms with van der Waals surface area (Å²) in [7, 11) is 0. The lowest BCUT2D eigenvalue weighted by Gasteiger charge is -2.09. The Labute approximate surface area is 124 Å². The summed E-state index contributed by atoms with van der Waals surface area (Å²) in [6.45, 7) is 0.0485. The number of carboxylic acids is 1. The van der Waals surface area contributed by atoms with Crippen molar-refractivity contribution in [2.24, 2.45) is 0 Å². The normalized spacial score (nSPS) is 12.0. The first-order chi connectivity index (χ1) is 10.0. The summed E-state index contributed by atoms with van der Waals surface area (Å²) < 4.78 is 1.13. The van der Waals surface area contributed by atoms with Crippen molar-refractivity contribution in [2.75, 3.05) is 0 Å². The molecule has 8 nitrogen and oxygen atoms in total. The van der Waals surface area contributed by atoms with Crippen molar-refractivity contribution in [3.8, 4) is 0 Å². The van der Waals surface area contributed by atoms with Gasteiger partial charge in [-0.15, -0.1) is 16.4 Å². The summed E-state index contributed by atoms with van der Waals surface area (Å²) in [5, 5.41) is 30.2. The topological polar surface area (TPSA) is 117 Å². The van der Waals surface area contributed by atoms with E-state index >= 15 is 0 Å². The largest absolute Gasteiger partial charge is 0.480 e. The number of amides is 1. The van der Waals surface area contributed by atoms with E-state index in [-0.39, 0.29) is 13.0 Å². The van der Waals surface area contributed by atoms with Gasteiger partial charge in [0.15, 0.2) is 0 Å². The third-order valence-electron chi connectivity index (χ3n) is 2.61. The predicted octanol–water partition coefficient (Wildman–Crippen LogP) is -0.356. The van der Waals surface area contributed by atoms with Crippen molar-refractivity contribution >= 4 is 23.2 Å². The molecule has 112 valence electrons. The van der Waals surface area contributed by atoms with Crippen molar-refractivity contribution in [3.63, 3.8) is 0 Å². The van der Waals surface area contributed by atoms with E-state index in [2.05, 4.69) is 15.6 Å². The third-order valence-corrected chi connectivity index (χ3v) is 3.48. The van der Waals surface area contributed by atoms with Gasteiger partial charge in [-0.3, -0.25) is 9.59 Å². The maximum Gasteiger partial charge on any atom is 0.325 e. The van der Waals surface area contributed by atoms with Crippen molar-refractivity contribution in [2.45, 2.75) is 25.6 Å². The van der Waals surface area contributed by atoms with Crippen LogP contribution in [0.15, 0.2) is 23.7 Å². The first-order valence-corrected chi connectivity index (χ1v) is 7.01. The van der Waals surface area contributed by atoms with Gasteiger partial charge in [0.2, 0.25) is 5.91 Å². The zero-order valence-electron chi connectivity index (χ0n) is 11.0. The molecule has 1 unspecified atom stereocenters. The Morgan fingerprint density at radius 2 is 2.29 bits per heavy atom. The van der Waals surface area contributed by atoms with Crippen LogP contribution in [0.4, 0.5) is 0 Å². The minimum Gasteiger partial charge on any atom is -0.480 e. The average Bonchev–Trinajstić information content (AvgIpc) is 3.07. The number of carbonyl (C=O) groups excluding carboxylic acids is 1. The van der Waals surface area contributed by atoms with E-state index in [1.54, 1.807) is 0 Å². The number of carbonyl (C=O) groups is 2. The van der Waals surface area contributed by atoms with E-state index in [4.69, 9.17) is 5.11 Å². The standard InChI is InChI=1S/C12H14N4O4S/c17-10(12(20)13-5-9-2-1-3-21-9)4-8-6-16(15-14-8)7-11(18)19/h1-3,6,10,17H,4-5,7H2,(H,13,20)(H,18,19). The highest BCUT2D eigenvalue weighted by molar-refractivity contribution is 7.09. The smallest absolute Gasteiger partial charge is 0.325 e. The van der Waals surface area contributed by atoms with Crippen LogP contribution in [0.2, 0.25) is 0 Å². The summed E-state index contributed by atoms with van der Waals surface area (Å²) in [5.41, 5.74) is 0.357. The van der Waals surface area contributed by atoms with Gasteiger partial charge in [-0.05, 0) is 11.4 Å². The molecule has 2 heterocycles. The molecule has 0 aliphatic rings. The first-order valence-electron chi connectivity index (χ1n) is 6.13. The Bertz CT molecular complexity index is 611. The molecule has 0 saturated heterocycles. The molecular formula is C12H14N4O4S. The van der Waals surface area contributed by atoms with Crippen molar-refractivity contribution in [3.05, 3.63) is 34.3 Å². The third kappa shape index (κ3) is 4.65. The van der Waals surface area contributed by atoms with Crippen LogP contribution < -0.4 is 5.32 Å². The molecule has 0 spiro atoms. The highest BCUT2D eigenvalue weighted by atomic mass is 32.1. The second-order valence-electron chi connectivity index (χ2n) is 4.32. The van der Waals surface area contributed by atoms with Gasteiger partial charge in [0.05, 0.1) is 12.2 Å². The molecule has 1 atom stereocenters. The van der Waals surface area contributed by atoms with Gasteiger partial charge < -0.3 is 15.5 Å². The molecule has 2 aromatic rings. The Hall–Kier alpha value is -2.26. The molecule has 0 aliphatic heterocycles. The number of aromatic nitrogens is 3. The summed E-state index contributed by atoms with van der Waals surface area (Å²) >= 11 is 1.51. The zero-order valence-corrected chi connectivity index (χ0v) is 11.8. The highest BCUT2D eigenvalue weighted by Crippen LogP contribution is 2.07.